The molecule has 1 amide bonds. The van der Waals surface area contributed by atoms with Gasteiger partial charge in [-0.15, -0.1) is 5.10 Å². The second-order valence-corrected chi connectivity index (χ2v) is 7.22. The molecule has 0 saturated carbocycles. The molecular formula is C12H15N5O5S. The molecule has 0 spiro atoms. The number of amides is 1. The van der Waals surface area contributed by atoms with Crippen LogP contribution in [0.5, 0.6) is 0 Å². The Morgan fingerprint density at radius 3 is 2.96 bits per heavy atom. The summed E-state index contributed by atoms with van der Waals surface area (Å²) in [7, 11) is -3.31. The number of sulfonamides is 1. The zero-order valence-electron chi connectivity index (χ0n) is 12.3. The average molecular weight is 341 g/mol. The monoisotopic (exact) mass is 341 g/mol. The quantitative estimate of drug-likeness (QED) is 0.842. The summed E-state index contributed by atoms with van der Waals surface area (Å²) in [5, 5.41) is 13.5. The van der Waals surface area contributed by atoms with Crippen molar-refractivity contribution in [3.05, 3.63) is 12.3 Å². The highest BCUT2D eigenvalue weighted by molar-refractivity contribution is 7.88. The lowest BCUT2D eigenvalue weighted by Crippen LogP contribution is -2.43. The molecule has 3 heterocycles. The maximum absolute atomic E-state index is 12.2. The fourth-order valence-electron chi connectivity index (χ4n) is 2.36. The first-order valence-corrected chi connectivity index (χ1v) is 8.79. The molecule has 1 aliphatic heterocycles. The van der Waals surface area contributed by atoms with Gasteiger partial charge in [0.1, 0.15) is 0 Å². The lowest BCUT2D eigenvalue weighted by atomic mass is 9.99. The lowest BCUT2D eigenvalue weighted by molar-refractivity contribution is -0.121. The molecule has 2 aromatic heterocycles. The van der Waals surface area contributed by atoms with E-state index in [-0.39, 0.29) is 24.4 Å². The second kappa shape index (κ2) is 6.08. The minimum Gasteiger partial charge on any atom is -0.400 e. The predicted molar refractivity (Wildman–Crippen MR) is 77.6 cm³/mol. The van der Waals surface area contributed by atoms with Crippen LogP contribution in [0.25, 0.3) is 11.7 Å². The van der Waals surface area contributed by atoms with E-state index in [0.717, 1.165) is 6.26 Å². The van der Waals surface area contributed by atoms with Crippen molar-refractivity contribution in [2.24, 2.45) is 5.92 Å². The number of hydrogen-bond acceptors (Lipinski definition) is 8. The smallest absolute Gasteiger partial charge is 0.322 e. The maximum atomic E-state index is 12.2. The van der Waals surface area contributed by atoms with Crippen LogP contribution in [-0.4, -0.2) is 53.3 Å². The summed E-state index contributed by atoms with van der Waals surface area (Å²) in [4.78, 5) is 12.2. The number of carbonyl (C=O) groups excluding carboxylic acids is 1. The molecule has 0 bridgehead atoms. The Balaban J connectivity index is 1.65. The molecule has 10 nitrogen and oxygen atoms in total. The van der Waals surface area contributed by atoms with Gasteiger partial charge in [0.05, 0.1) is 18.4 Å². The minimum absolute atomic E-state index is 0.0714. The minimum atomic E-state index is -3.31. The van der Waals surface area contributed by atoms with Gasteiger partial charge in [0, 0.05) is 19.2 Å². The van der Waals surface area contributed by atoms with Gasteiger partial charge in [-0.2, -0.15) is 0 Å². The van der Waals surface area contributed by atoms with E-state index in [2.05, 4.69) is 20.7 Å². The molecule has 0 unspecified atom stereocenters. The van der Waals surface area contributed by atoms with Crippen molar-refractivity contribution >= 4 is 21.9 Å². The average Bonchev–Trinajstić information content (AvgIpc) is 3.17. The highest BCUT2D eigenvalue weighted by Gasteiger charge is 2.31. The third kappa shape index (κ3) is 3.56. The summed E-state index contributed by atoms with van der Waals surface area (Å²) in [5.74, 6) is -0.427. The molecule has 0 aliphatic carbocycles. The van der Waals surface area contributed by atoms with E-state index in [1.54, 1.807) is 6.07 Å². The zero-order chi connectivity index (χ0) is 16.4. The highest BCUT2D eigenvalue weighted by atomic mass is 32.2. The zero-order valence-corrected chi connectivity index (χ0v) is 13.1. The first-order chi connectivity index (χ1) is 10.9. The summed E-state index contributed by atoms with van der Waals surface area (Å²) in [5.41, 5.74) is 0. The molecule has 1 fully saturated rings. The van der Waals surface area contributed by atoms with Crippen LogP contribution in [0.4, 0.5) is 6.01 Å². The molecular weight excluding hydrogens is 326 g/mol. The molecule has 2 aromatic rings. The fraction of sp³-hybridized carbons (Fsp3) is 0.500. The van der Waals surface area contributed by atoms with Crippen LogP contribution in [0.2, 0.25) is 0 Å². The van der Waals surface area contributed by atoms with E-state index in [0.29, 0.717) is 25.1 Å². The number of piperidine rings is 1. The number of anilines is 1. The van der Waals surface area contributed by atoms with Crippen LogP contribution in [-0.2, 0) is 14.8 Å². The van der Waals surface area contributed by atoms with Crippen molar-refractivity contribution in [1.82, 2.24) is 19.7 Å². The highest BCUT2D eigenvalue weighted by Crippen LogP contribution is 2.22. The van der Waals surface area contributed by atoms with Gasteiger partial charge in [0.25, 0.3) is 5.89 Å². The van der Waals surface area contributed by atoms with Crippen LogP contribution in [0, 0.1) is 5.92 Å². The summed E-state index contributed by atoms with van der Waals surface area (Å²) >= 11 is 0. The number of hydrogen-bond donors (Lipinski definition) is 1. The van der Waals surface area contributed by atoms with Gasteiger partial charge < -0.3 is 8.94 Å². The first kappa shape index (κ1) is 15.6. The normalized spacial score (nSPS) is 19.6. The number of carbonyl (C=O) groups is 1. The van der Waals surface area contributed by atoms with Crippen LogP contribution in [0.3, 0.4) is 0 Å². The van der Waals surface area contributed by atoms with Gasteiger partial charge in [-0.05, 0) is 12.8 Å². The van der Waals surface area contributed by atoms with Crippen molar-refractivity contribution in [3.8, 4) is 11.7 Å². The van der Waals surface area contributed by atoms with Gasteiger partial charge in [-0.1, -0.05) is 10.3 Å². The Bertz CT molecular complexity index is 785. The van der Waals surface area contributed by atoms with Crippen LogP contribution < -0.4 is 5.32 Å². The maximum Gasteiger partial charge on any atom is 0.322 e. The molecule has 1 saturated heterocycles. The molecule has 3 rings (SSSR count). The molecule has 1 atom stereocenters. The Kier molecular flexibility index (Phi) is 4.13. The first-order valence-electron chi connectivity index (χ1n) is 6.94. The second-order valence-electron chi connectivity index (χ2n) is 5.24. The number of nitrogens with zero attached hydrogens (tertiary/aromatic N) is 4. The molecule has 1 aliphatic rings. The van der Waals surface area contributed by atoms with Crippen LogP contribution in [0.1, 0.15) is 12.8 Å². The fourth-order valence-corrected chi connectivity index (χ4v) is 3.28. The Morgan fingerprint density at radius 2 is 2.26 bits per heavy atom. The van der Waals surface area contributed by atoms with Crippen LogP contribution >= 0.6 is 0 Å². The van der Waals surface area contributed by atoms with Crippen molar-refractivity contribution < 1.29 is 22.2 Å². The number of nitrogens with one attached hydrogen (secondary N) is 1. The van der Waals surface area contributed by atoms with Crippen molar-refractivity contribution in [1.29, 1.82) is 0 Å². The predicted octanol–water partition coefficient (Wildman–Crippen LogP) is 0.335. The standard InChI is InChI=1S/C12H15N5O5S/c1-23(19,20)17-6-2-3-8(7-17)10(18)14-12-16-15-11(21-12)9-4-5-13-22-9/h4-5,8H,2-3,6-7H2,1H3,(H,14,16,18)/t8-/m1/s1. The third-order valence-corrected chi connectivity index (χ3v) is 4.80. The van der Waals surface area contributed by atoms with E-state index in [9.17, 15) is 13.2 Å². The van der Waals surface area contributed by atoms with E-state index < -0.39 is 15.9 Å². The summed E-state index contributed by atoms with van der Waals surface area (Å²) < 4.78 is 34.6. The van der Waals surface area contributed by atoms with Gasteiger partial charge in [-0.25, -0.2) is 12.7 Å². The molecule has 0 radical (unpaired) electrons. The SMILES string of the molecule is CS(=O)(=O)N1CCC[C@@H](C(=O)Nc2nnc(-c3ccno3)o2)C1. The summed E-state index contributed by atoms with van der Waals surface area (Å²) in [6.45, 7) is 0.576. The topological polar surface area (TPSA) is 131 Å². The Labute approximate surface area is 131 Å². The number of aromatic nitrogens is 3. The number of rotatable bonds is 4. The van der Waals surface area contributed by atoms with E-state index in [1.807, 2.05) is 0 Å². The summed E-state index contributed by atoms with van der Waals surface area (Å²) in [6.07, 6.45) is 3.79. The van der Waals surface area contributed by atoms with Gasteiger partial charge in [-0.3, -0.25) is 10.1 Å². The Hall–Kier alpha value is -2.27. The van der Waals surface area contributed by atoms with Gasteiger partial charge >= 0.3 is 6.01 Å². The Morgan fingerprint density at radius 1 is 1.43 bits per heavy atom. The molecule has 124 valence electrons. The van der Waals surface area contributed by atoms with Crippen LogP contribution in [0.15, 0.2) is 21.2 Å². The van der Waals surface area contributed by atoms with E-state index >= 15 is 0 Å². The summed E-state index contributed by atoms with van der Waals surface area (Å²) in [6, 6.07) is 1.47. The van der Waals surface area contributed by atoms with E-state index in [4.69, 9.17) is 8.94 Å². The molecule has 11 heteroatoms. The third-order valence-electron chi connectivity index (χ3n) is 3.53. The van der Waals surface area contributed by atoms with Crippen molar-refractivity contribution in [2.75, 3.05) is 24.7 Å². The van der Waals surface area contributed by atoms with Crippen molar-refractivity contribution in [2.45, 2.75) is 12.8 Å². The molecule has 1 N–H and O–H groups in total. The van der Waals surface area contributed by atoms with Crippen molar-refractivity contribution in [3.63, 3.8) is 0 Å². The van der Waals surface area contributed by atoms with Gasteiger partial charge in [0.2, 0.25) is 21.7 Å². The lowest BCUT2D eigenvalue weighted by Gasteiger charge is -2.29. The molecule has 23 heavy (non-hydrogen) atoms. The molecule has 0 aromatic carbocycles. The van der Waals surface area contributed by atoms with Gasteiger partial charge in [0.15, 0.2) is 0 Å². The van der Waals surface area contributed by atoms with E-state index in [1.165, 1.54) is 10.5 Å². The largest absolute Gasteiger partial charge is 0.400 e.